The number of nitriles is 1. The predicted octanol–water partition coefficient (Wildman–Crippen LogP) is 3.19. The third kappa shape index (κ3) is 2.66. The molecule has 0 unspecified atom stereocenters. The van der Waals surface area contributed by atoms with Crippen molar-refractivity contribution in [3.05, 3.63) is 24.3 Å². The Morgan fingerprint density at radius 2 is 2.12 bits per heavy atom. The average Bonchev–Trinajstić information content (AvgIpc) is 2.67. The van der Waals surface area contributed by atoms with Crippen LogP contribution < -0.4 is 0 Å². The number of hydrogen-bond acceptors (Lipinski definition) is 2. The number of hydrogen-bond donors (Lipinski definition) is 0. The lowest BCUT2D eigenvalue weighted by atomic mass is 10.1. The van der Waals surface area contributed by atoms with Crippen molar-refractivity contribution in [1.82, 2.24) is 4.90 Å². The molecular formula is C14H22N2. The van der Waals surface area contributed by atoms with E-state index < -0.39 is 0 Å². The second kappa shape index (κ2) is 4.74. The maximum atomic E-state index is 8.98. The zero-order valence-corrected chi connectivity index (χ0v) is 10.8. The second-order valence-electron chi connectivity index (χ2n) is 5.49. The fourth-order valence-electron chi connectivity index (χ4n) is 2.37. The third-order valence-electron chi connectivity index (χ3n) is 3.56. The predicted molar refractivity (Wildman–Crippen MR) is 67.6 cm³/mol. The molecule has 0 radical (unpaired) electrons. The van der Waals surface area contributed by atoms with Crippen molar-refractivity contribution < 1.29 is 0 Å². The van der Waals surface area contributed by atoms with E-state index in [0.717, 1.165) is 6.54 Å². The van der Waals surface area contributed by atoms with E-state index in [1.807, 2.05) is 0 Å². The smallest absolute Gasteiger partial charge is 0.179 e. The van der Waals surface area contributed by atoms with Gasteiger partial charge in [-0.2, -0.15) is 5.26 Å². The molecule has 2 atom stereocenters. The largest absolute Gasteiger partial charge is 0.307 e. The van der Waals surface area contributed by atoms with Crippen LogP contribution in [0.25, 0.3) is 0 Å². The summed E-state index contributed by atoms with van der Waals surface area (Å²) in [7, 11) is 0. The van der Waals surface area contributed by atoms with Crippen molar-refractivity contribution in [2.24, 2.45) is 17.3 Å². The van der Waals surface area contributed by atoms with Crippen LogP contribution in [-0.2, 0) is 0 Å². The fourth-order valence-corrected chi connectivity index (χ4v) is 2.37. The van der Waals surface area contributed by atoms with Gasteiger partial charge < -0.3 is 4.90 Å². The lowest BCUT2D eigenvalue weighted by Crippen LogP contribution is -2.21. The van der Waals surface area contributed by atoms with E-state index in [9.17, 15) is 0 Å². The lowest BCUT2D eigenvalue weighted by molar-refractivity contribution is 0.378. The van der Waals surface area contributed by atoms with Crippen LogP contribution in [0.1, 0.15) is 27.7 Å². The molecule has 16 heavy (non-hydrogen) atoms. The molecule has 0 N–H and O–H groups in total. The van der Waals surface area contributed by atoms with Gasteiger partial charge in [0.05, 0.1) is 0 Å². The van der Waals surface area contributed by atoms with Crippen molar-refractivity contribution in [2.45, 2.75) is 27.7 Å². The average molecular weight is 218 g/mol. The molecule has 2 nitrogen and oxygen atoms in total. The molecule has 1 aliphatic carbocycles. The molecule has 0 saturated heterocycles. The molecule has 1 rings (SSSR count). The normalized spacial score (nSPS) is 25.4. The summed E-state index contributed by atoms with van der Waals surface area (Å²) in [6, 6.07) is 0. The van der Waals surface area contributed by atoms with Crippen LogP contribution in [0.5, 0.6) is 0 Å². The van der Waals surface area contributed by atoms with E-state index >= 15 is 0 Å². The minimum absolute atomic E-state index is 0.341. The molecule has 88 valence electrons. The summed E-state index contributed by atoms with van der Waals surface area (Å²) in [5, 5.41) is 8.98. The van der Waals surface area contributed by atoms with E-state index in [0.29, 0.717) is 23.8 Å². The van der Waals surface area contributed by atoms with Gasteiger partial charge in [-0.05, 0) is 31.1 Å². The first-order valence-electron chi connectivity index (χ1n) is 5.84. The summed E-state index contributed by atoms with van der Waals surface area (Å²) in [6.45, 7) is 14.0. The van der Waals surface area contributed by atoms with Crippen molar-refractivity contribution >= 4 is 0 Å². The first-order valence-corrected chi connectivity index (χ1v) is 5.84. The summed E-state index contributed by atoms with van der Waals surface area (Å²) in [5.41, 5.74) is 1.71. The highest BCUT2D eigenvalue weighted by Crippen LogP contribution is 2.59. The second-order valence-corrected chi connectivity index (χ2v) is 5.49. The molecule has 1 saturated carbocycles. The van der Waals surface area contributed by atoms with Crippen molar-refractivity contribution in [3.63, 3.8) is 0 Å². The van der Waals surface area contributed by atoms with Crippen LogP contribution in [0.3, 0.4) is 0 Å². The van der Waals surface area contributed by atoms with Gasteiger partial charge in [0.2, 0.25) is 0 Å². The first kappa shape index (κ1) is 12.8. The van der Waals surface area contributed by atoms with Crippen LogP contribution in [0, 0.1) is 28.7 Å². The van der Waals surface area contributed by atoms with Crippen LogP contribution in [0.4, 0.5) is 0 Å². The molecule has 0 heterocycles. The summed E-state index contributed by atoms with van der Waals surface area (Å²) in [5.74, 6) is 1.22. The van der Waals surface area contributed by atoms with E-state index in [4.69, 9.17) is 5.26 Å². The van der Waals surface area contributed by atoms with Crippen LogP contribution in [-0.4, -0.2) is 18.0 Å². The van der Waals surface area contributed by atoms with Gasteiger partial charge in [0.25, 0.3) is 0 Å². The molecule has 0 aliphatic heterocycles. The quantitative estimate of drug-likeness (QED) is 0.402. The van der Waals surface area contributed by atoms with E-state index in [-0.39, 0.29) is 0 Å². The Balaban J connectivity index is 2.60. The minimum Gasteiger partial charge on any atom is -0.307 e. The van der Waals surface area contributed by atoms with Crippen LogP contribution in [0.2, 0.25) is 0 Å². The van der Waals surface area contributed by atoms with Crippen molar-refractivity contribution in [3.8, 4) is 6.19 Å². The minimum atomic E-state index is 0.341. The van der Waals surface area contributed by atoms with Gasteiger partial charge in [0.1, 0.15) is 0 Å². The summed E-state index contributed by atoms with van der Waals surface area (Å²) in [6.07, 6.45) is 6.35. The van der Waals surface area contributed by atoms with Gasteiger partial charge >= 0.3 is 0 Å². The maximum absolute atomic E-state index is 8.98. The van der Waals surface area contributed by atoms with Crippen LogP contribution >= 0.6 is 0 Å². The molecule has 0 amide bonds. The topological polar surface area (TPSA) is 27.0 Å². The Labute approximate surface area is 99.3 Å². The van der Waals surface area contributed by atoms with Crippen molar-refractivity contribution in [1.29, 1.82) is 5.26 Å². The fraction of sp³-hybridized carbons (Fsp3) is 0.643. The molecule has 0 bridgehead atoms. The van der Waals surface area contributed by atoms with Gasteiger partial charge in [-0.3, -0.25) is 0 Å². The zero-order valence-electron chi connectivity index (χ0n) is 10.8. The first-order chi connectivity index (χ1) is 7.43. The monoisotopic (exact) mass is 218 g/mol. The molecular weight excluding hydrogens is 196 g/mol. The molecule has 1 aliphatic rings. The molecule has 0 aromatic carbocycles. The molecule has 1 fully saturated rings. The summed E-state index contributed by atoms with van der Waals surface area (Å²) < 4.78 is 0. The Kier molecular flexibility index (Phi) is 3.80. The van der Waals surface area contributed by atoms with Crippen molar-refractivity contribution in [2.75, 3.05) is 13.1 Å². The summed E-state index contributed by atoms with van der Waals surface area (Å²) in [4.78, 5) is 1.79. The van der Waals surface area contributed by atoms with Gasteiger partial charge in [0, 0.05) is 13.1 Å². The summed E-state index contributed by atoms with van der Waals surface area (Å²) >= 11 is 0. The highest BCUT2D eigenvalue weighted by Gasteiger charge is 2.56. The highest BCUT2D eigenvalue weighted by atomic mass is 15.1. The molecule has 0 aromatic rings. The zero-order chi connectivity index (χ0) is 12.3. The number of allylic oxidation sites excluding steroid dienone is 2. The SMILES string of the molecule is C=CCN(C#N)C[C@@H]1[C@H](C=C(C)C)C1(C)C. The van der Waals surface area contributed by atoms with Gasteiger partial charge in [-0.25, -0.2) is 0 Å². The number of nitrogens with zero attached hydrogens (tertiary/aromatic N) is 2. The highest BCUT2D eigenvalue weighted by molar-refractivity contribution is 5.18. The standard InChI is InChI=1S/C14H22N2/c1-6-7-16(10-15)9-13-12(8-11(2)3)14(13,4)5/h6,8,12-13H,1,7,9H2,2-5H3/t12-,13+/m0/s1. The van der Waals surface area contributed by atoms with E-state index in [1.165, 1.54) is 5.57 Å². The third-order valence-corrected chi connectivity index (χ3v) is 3.56. The van der Waals surface area contributed by atoms with Gasteiger partial charge in [0.15, 0.2) is 6.19 Å². The van der Waals surface area contributed by atoms with Gasteiger partial charge in [-0.15, -0.1) is 6.58 Å². The Hall–Kier alpha value is -1.23. The number of rotatable bonds is 5. The molecule has 0 spiro atoms. The Morgan fingerprint density at radius 1 is 1.50 bits per heavy atom. The van der Waals surface area contributed by atoms with E-state index in [1.54, 1.807) is 11.0 Å². The van der Waals surface area contributed by atoms with Gasteiger partial charge in [-0.1, -0.05) is 31.6 Å². The lowest BCUT2D eigenvalue weighted by Gasteiger charge is -2.13. The van der Waals surface area contributed by atoms with E-state index in [2.05, 4.69) is 46.5 Å². The maximum Gasteiger partial charge on any atom is 0.179 e. The Morgan fingerprint density at radius 3 is 2.56 bits per heavy atom. The Bertz CT molecular complexity index is 329. The molecule has 2 heteroatoms. The molecule has 0 aromatic heterocycles. The van der Waals surface area contributed by atoms with Crippen LogP contribution in [0.15, 0.2) is 24.3 Å².